The van der Waals surface area contributed by atoms with Gasteiger partial charge < -0.3 is 4.42 Å². The van der Waals surface area contributed by atoms with Crippen LogP contribution in [-0.4, -0.2) is 24.9 Å². The van der Waals surface area contributed by atoms with Gasteiger partial charge in [-0.2, -0.15) is 0 Å². The molecule has 0 saturated heterocycles. The Balaban J connectivity index is 1.15. The molecule has 0 aliphatic carbocycles. The number of hydrogen-bond acceptors (Lipinski definition) is 6. The molecule has 6 aromatic carbocycles. The highest BCUT2D eigenvalue weighted by Gasteiger charge is 2.18. The van der Waals surface area contributed by atoms with E-state index in [0.717, 1.165) is 61.1 Å². The van der Waals surface area contributed by atoms with Crippen LogP contribution in [0.25, 0.3) is 90.0 Å². The van der Waals surface area contributed by atoms with Crippen molar-refractivity contribution >= 4 is 22.1 Å². The van der Waals surface area contributed by atoms with Crippen LogP contribution in [0, 0.1) is 0 Å². The van der Waals surface area contributed by atoms with Crippen LogP contribution >= 0.6 is 0 Å². The molecule has 0 atom stereocenters. The minimum absolute atomic E-state index is 0.610. The van der Waals surface area contributed by atoms with Gasteiger partial charge in [0, 0.05) is 33.2 Å². The van der Waals surface area contributed by atoms with Crippen molar-refractivity contribution in [2.75, 3.05) is 0 Å². The predicted octanol–water partition coefficient (Wildman–Crippen LogP) is 10.6. The predicted molar refractivity (Wildman–Crippen MR) is 195 cm³/mol. The molecule has 49 heavy (non-hydrogen) atoms. The number of para-hydroxylation sites is 1. The van der Waals surface area contributed by atoms with Crippen molar-refractivity contribution in [1.82, 2.24) is 24.9 Å². The lowest BCUT2D eigenvalue weighted by atomic mass is 10.00. The Morgan fingerprint density at radius 1 is 0.327 bits per heavy atom. The lowest BCUT2D eigenvalue weighted by molar-refractivity contribution is 0.667. The maximum Gasteiger partial charge on any atom is 0.180 e. The summed E-state index contributed by atoms with van der Waals surface area (Å²) in [7, 11) is 0. The smallest absolute Gasteiger partial charge is 0.180 e. The molecule has 0 fully saturated rings. The largest absolute Gasteiger partial charge is 0.452 e. The highest BCUT2D eigenvalue weighted by atomic mass is 16.3. The molecule has 9 rings (SSSR count). The Kier molecular flexibility index (Phi) is 7.02. The van der Waals surface area contributed by atoms with Crippen molar-refractivity contribution in [1.29, 1.82) is 0 Å². The van der Waals surface area contributed by atoms with Crippen LogP contribution in [-0.2, 0) is 0 Å². The summed E-state index contributed by atoms with van der Waals surface area (Å²) in [4.78, 5) is 24.9. The van der Waals surface area contributed by atoms with E-state index in [9.17, 15) is 0 Å². The molecule has 0 aliphatic rings. The molecule has 0 amide bonds. The first-order chi connectivity index (χ1) is 24.3. The third-order valence-electron chi connectivity index (χ3n) is 8.54. The van der Waals surface area contributed by atoms with Gasteiger partial charge in [-0.3, -0.25) is 0 Å². The van der Waals surface area contributed by atoms with Crippen LogP contribution in [0.15, 0.2) is 168 Å². The molecular weight excluding hydrogens is 603 g/mol. The van der Waals surface area contributed by atoms with E-state index in [-0.39, 0.29) is 0 Å². The Bertz CT molecular complexity index is 2540. The molecule has 0 unspecified atom stereocenters. The number of fused-ring (bicyclic) bond motifs is 3. The SMILES string of the molecule is c1ccc(-c2nc(-c3ccccc3)nc(-c3cccc(-c4cccc(-c5nc(-c6ccccc6)c6oc7ccccc7c6n5)c4)c3)n2)cc1. The molecule has 3 aromatic heterocycles. The molecule has 0 N–H and O–H groups in total. The Morgan fingerprint density at radius 2 is 0.755 bits per heavy atom. The molecule has 230 valence electrons. The average molecular weight is 630 g/mol. The van der Waals surface area contributed by atoms with Crippen LogP contribution < -0.4 is 0 Å². The lowest BCUT2D eigenvalue weighted by Crippen LogP contribution is -2.00. The maximum atomic E-state index is 6.31. The van der Waals surface area contributed by atoms with Crippen molar-refractivity contribution in [3.63, 3.8) is 0 Å². The van der Waals surface area contributed by atoms with Crippen LogP contribution in [0.4, 0.5) is 0 Å². The second-order valence-electron chi connectivity index (χ2n) is 11.7. The molecule has 0 radical (unpaired) electrons. The zero-order chi connectivity index (χ0) is 32.6. The van der Waals surface area contributed by atoms with E-state index in [2.05, 4.69) is 30.3 Å². The number of rotatable bonds is 6. The number of benzene rings is 6. The Morgan fingerprint density at radius 3 is 1.33 bits per heavy atom. The zero-order valence-corrected chi connectivity index (χ0v) is 26.2. The van der Waals surface area contributed by atoms with Crippen LogP contribution in [0.2, 0.25) is 0 Å². The van der Waals surface area contributed by atoms with Crippen LogP contribution in [0.3, 0.4) is 0 Å². The summed E-state index contributed by atoms with van der Waals surface area (Å²) in [6.07, 6.45) is 0. The fraction of sp³-hybridized carbons (Fsp3) is 0. The second-order valence-corrected chi connectivity index (χ2v) is 11.7. The fourth-order valence-corrected chi connectivity index (χ4v) is 6.13. The van der Waals surface area contributed by atoms with Crippen molar-refractivity contribution in [2.24, 2.45) is 0 Å². The molecule has 0 saturated carbocycles. The third-order valence-corrected chi connectivity index (χ3v) is 8.54. The lowest BCUT2D eigenvalue weighted by Gasteiger charge is -2.10. The molecule has 0 spiro atoms. The van der Waals surface area contributed by atoms with Crippen LogP contribution in [0.1, 0.15) is 0 Å². The number of aromatic nitrogens is 5. The Hall–Kier alpha value is -6.79. The highest BCUT2D eigenvalue weighted by Crippen LogP contribution is 2.36. The first kappa shape index (κ1) is 28.4. The molecule has 0 bridgehead atoms. The number of furan rings is 1. The summed E-state index contributed by atoms with van der Waals surface area (Å²) in [5.74, 6) is 2.50. The number of nitrogens with zero attached hydrogens (tertiary/aromatic N) is 5. The van der Waals surface area contributed by atoms with Gasteiger partial charge >= 0.3 is 0 Å². The molecule has 6 nitrogen and oxygen atoms in total. The normalized spacial score (nSPS) is 11.3. The van der Waals surface area contributed by atoms with E-state index in [1.54, 1.807) is 0 Å². The fourth-order valence-electron chi connectivity index (χ4n) is 6.13. The summed E-state index contributed by atoms with van der Waals surface area (Å²) in [5.41, 5.74) is 9.74. The highest BCUT2D eigenvalue weighted by molar-refractivity contribution is 6.07. The maximum absolute atomic E-state index is 6.31. The first-order valence-corrected chi connectivity index (χ1v) is 16.1. The van der Waals surface area contributed by atoms with Crippen molar-refractivity contribution in [2.45, 2.75) is 0 Å². The zero-order valence-electron chi connectivity index (χ0n) is 26.2. The van der Waals surface area contributed by atoms with E-state index in [0.29, 0.717) is 28.9 Å². The second kappa shape index (κ2) is 12.1. The van der Waals surface area contributed by atoms with Gasteiger partial charge in [-0.1, -0.05) is 140 Å². The minimum atomic E-state index is 0.610. The topological polar surface area (TPSA) is 77.6 Å². The van der Waals surface area contributed by atoms with Crippen molar-refractivity contribution in [3.05, 3.63) is 164 Å². The quantitative estimate of drug-likeness (QED) is 0.182. The van der Waals surface area contributed by atoms with E-state index < -0.39 is 0 Å². The van der Waals surface area contributed by atoms with Crippen molar-refractivity contribution < 1.29 is 4.42 Å². The third kappa shape index (κ3) is 5.41. The summed E-state index contributed by atoms with van der Waals surface area (Å²) < 4.78 is 6.31. The van der Waals surface area contributed by atoms with Gasteiger partial charge in [0.15, 0.2) is 28.9 Å². The standard InChI is InChI=1S/C43H27N5O/c1-4-14-28(15-5-1)37-39-38(35-24-10-11-25-36(35)49-39)45-42(44-37)33-22-12-20-31(26-33)32-21-13-23-34(27-32)43-47-40(29-16-6-2-7-17-29)46-41(48-43)30-18-8-3-9-19-30/h1-27H. The van der Waals surface area contributed by atoms with Crippen LogP contribution in [0.5, 0.6) is 0 Å². The molecule has 0 aliphatic heterocycles. The minimum Gasteiger partial charge on any atom is -0.452 e. The first-order valence-electron chi connectivity index (χ1n) is 16.1. The van der Waals surface area contributed by atoms with E-state index in [1.807, 2.05) is 133 Å². The monoisotopic (exact) mass is 629 g/mol. The molecule has 6 heteroatoms. The van der Waals surface area contributed by atoms with Gasteiger partial charge in [-0.15, -0.1) is 0 Å². The summed E-state index contributed by atoms with van der Waals surface area (Å²) >= 11 is 0. The van der Waals surface area contributed by atoms with Gasteiger partial charge in [0.05, 0.1) is 0 Å². The van der Waals surface area contributed by atoms with Gasteiger partial charge in [-0.25, -0.2) is 24.9 Å². The van der Waals surface area contributed by atoms with E-state index >= 15 is 0 Å². The Labute approximate surface area is 282 Å². The molecular formula is C43H27N5O. The van der Waals surface area contributed by atoms with E-state index in [1.165, 1.54) is 0 Å². The molecule has 3 heterocycles. The van der Waals surface area contributed by atoms with Gasteiger partial charge in [0.2, 0.25) is 0 Å². The summed E-state index contributed by atoms with van der Waals surface area (Å²) in [6.45, 7) is 0. The van der Waals surface area contributed by atoms with E-state index in [4.69, 9.17) is 29.3 Å². The summed E-state index contributed by atoms with van der Waals surface area (Å²) in [6, 6.07) is 54.8. The van der Waals surface area contributed by atoms with Gasteiger partial charge in [0.25, 0.3) is 0 Å². The average Bonchev–Trinajstić information content (AvgIpc) is 3.57. The van der Waals surface area contributed by atoms with Gasteiger partial charge in [-0.05, 0) is 35.4 Å². The van der Waals surface area contributed by atoms with Gasteiger partial charge in [0.1, 0.15) is 16.8 Å². The summed E-state index contributed by atoms with van der Waals surface area (Å²) in [5, 5.41) is 0.962. The van der Waals surface area contributed by atoms with Crippen molar-refractivity contribution in [3.8, 4) is 67.9 Å². The molecule has 9 aromatic rings. The number of hydrogen-bond donors (Lipinski definition) is 0.